The van der Waals surface area contributed by atoms with Gasteiger partial charge in [0.15, 0.2) is 0 Å². The van der Waals surface area contributed by atoms with E-state index in [4.69, 9.17) is 10.3 Å². The first-order valence-electron chi connectivity index (χ1n) is 8.87. The van der Waals surface area contributed by atoms with Crippen LogP contribution in [-0.2, 0) is 17.8 Å². The number of nitrogens with two attached hydrogens (primary N) is 1. The molecule has 0 radical (unpaired) electrons. The van der Waals surface area contributed by atoms with Crippen molar-refractivity contribution in [1.29, 1.82) is 0 Å². The van der Waals surface area contributed by atoms with E-state index in [1.807, 2.05) is 23.1 Å². The number of nitrogens with zero attached hydrogens (tertiary/aromatic N) is 2. The Hall–Kier alpha value is -2.92. The SMILES string of the molecule is NCCC(=O)N1CCc2onc(-c3ccc(-c4ccccc4)cc3)c2C1. The summed E-state index contributed by atoms with van der Waals surface area (Å²) in [5.41, 5.74) is 10.7. The van der Waals surface area contributed by atoms with E-state index < -0.39 is 0 Å². The third kappa shape index (κ3) is 3.13. The maximum atomic E-state index is 12.2. The molecule has 0 spiro atoms. The summed E-state index contributed by atoms with van der Waals surface area (Å²) >= 11 is 0. The first kappa shape index (κ1) is 16.5. The Kier molecular flexibility index (Phi) is 4.54. The summed E-state index contributed by atoms with van der Waals surface area (Å²) in [6.45, 7) is 1.57. The number of rotatable bonds is 4. The minimum absolute atomic E-state index is 0.0877. The summed E-state index contributed by atoms with van der Waals surface area (Å²) < 4.78 is 5.53. The summed E-state index contributed by atoms with van der Waals surface area (Å²) in [6.07, 6.45) is 1.07. The summed E-state index contributed by atoms with van der Waals surface area (Å²) in [6, 6.07) is 18.5. The first-order valence-corrected chi connectivity index (χ1v) is 8.87. The van der Waals surface area contributed by atoms with E-state index in [1.54, 1.807) is 0 Å². The molecule has 1 aliphatic heterocycles. The van der Waals surface area contributed by atoms with Gasteiger partial charge in [-0.1, -0.05) is 59.8 Å². The van der Waals surface area contributed by atoms with Gasteiger partial charge in [-0.15, -0.1) is 0 Å². The van der Waals surface area contributed by atoms with Crippen molar-refractivity contribution in [3.63, 3.8) is 0 Å². The minimum Gasteiger partial charge on any atom is -0.360 e. The van der Waals surface area contributed by atoms with Crippen molar-refractivity contribution in [3.05, 3.63) is 65.9 Å². The molecule has 0 unspecified atom stereocenters. The van der Waals surface area contributed by atoms with Crippen molar-refractivity contribution in [2.75, 3.05) is 13.1 Å². The van der Waals surface area contributed by atoms with E-state index >= 15 is 0 Å². The van der Waals surface area contributed by atoms with Crippen LogP contribution in [-0.4, -0.2) is 29.1 Å². The fraction of sp³-hybridized carbons (Fsp3) is 0.238. The van der Waals surface area contributed by atoms with Crippen LogP contribution in [0, 0.1) is 0 Å². The van der Waals surface area contributed by atoms with Gasteiger partial charge in [0, 0.05) is 37.1 Å². The second-order valence-corrected chi connectivity index (χ2v) is 6.48. The third-order valence-corrected chi connectivity index (χ3v) is 4.80. The van der Waals surface area contributed by atoms with Crippen molar-refractivity contribution < 1.29 is 9.32 Å². The van der Waals surface area contributed by atoms with Crippen LogP contribution >= 0.6 is 0 Å². The normalized spacial score (nSPS) is 13.5. The third-order valence-electron chi connectivity index (χ3n) is 4.80. The van der Waals surface area contributed by atoms with Gasteiger partial charge in [-0.2, -0.15) is 0 Å². The Balaban J connectivity index is 1.60. The summed E-state index contributed by atoms with van der Waals surface area (Å²) in [5.74, 6) is 0.966. The van der Waals surface area contributed by atoms with E-state index in [0.29, 0.717) is 32.5 Å². The van der Waals surface area contributed by atoms with Crippen LogP contribution in [0.4, 0.5) is 0 Å². The molecule has 0 atom stereocenters. The van der Waals surface area contributed by atoms with E-state index in [1.165, 1.54) is 5.56 Å². The molecule has 4 rings (SSSR count). The summed E-state index contributed by atoms with van der Waals surface area (Å²) in [4.78, 5) is 14.0. The number of hydrogen-bond donors (Lipinski definition) is 1. The van der Waals surface area contributed by atoms with Crippen LogP contribution in [0.3, 0.4) is 0 Å². The van der Waals surface area contributed by atoms with Gasteiger partial charge in [-0.3, -0.25) is 4.79 Å². The van der Waals surface area contributed by atoms with Gasteiger partial charge in [-0.05, 0) is 11.1 Å². The monoisotopic (exact) mass is 347 g/mol. The van der Waals surface area contributed by atoms with Crippen molar-refractivity contribution in [3.8, 4) is 22.4 Å². The number of benzene rings is 2. The fourth-order valence-electron chi connectivity index (χ4n) is 3.38. The Morgan fingerprint density at radius 1 is 1.04 bits per heavy atom. The second kappa shape index (κ2) is 7.14. The van der Waals surface area contributed by atoms with Crippen molar-refractivity contribution >= 4 is 5.91 Å². The predicted octanol–water partition coefficient (Wildman–Crippen LogP) is 3.24. The smallest absolute Gasteiger partial charge is 0.224 e. The second-order valence-electron chi connectivity index (χ2n) is 6.48. The molecule has 1 amide bonds. The quantitative estimate of drug-likeness (QED) is 0.786. The van der Waals surface area contributed by atoms with E-state index in [0.717, 1.165) is 28.1 Å². The van der Waals surface area contributed by atoms with Crippen molar-refractivity contribution in [2.24, 2.45) is 5.73 Å². The summed E-state index contributed by atoms with van der Waals surface area (Å²) in [5, 5.41) is 4.27. The van der Waals surface area contributed by atoms with Gasteiger partial charge in [0.1, 0.15) is 11.5 Å². The van der Waals surface area contributed by atoms with Crippen LogP contribution in [0.1, 0.15) is 17.7 Å². The van der Waals surface area contributed by atoms with Gasteiger partial charge in [0.25, 0.3) is 0 Å². The van der Waals surface area contributed by atoms with Crippen LogP contribution in [0.15, 0.2) is 59.1 Å². The van der Waals surface area contributed by atoms with Gasteiger partial charge in [0.2, 0.25) is 5.91 Å². The van der Waals surface area contributed by atoms with Crippen LogP contribution in [0.2, 0.25) is 0 Å². The van der Waals surface area contributed by atoms with Gasteiger partial charge < -0.3 is 15.2 Å². The molecule has 0 saturated heterocycles. The Morgan fingerprint density at radius 2 is 1.73 bits per heavy atom. The predicted molar refractivity (Wildman–Crippen MR) is 100 cm³/mol. The molecule has 0 saturated carbocycles. The molecule has 1 aromatic heterocycles. The van der Waals surface area contributed by atoms with Gasteiger partial charge in [-0.25, -0.2) is 0 Å². The lowest BCUT2D eigenvalue weighted by Crippen LogP contribution is -2.36. The zero-order valence-corrected chi connectivity index (χ0v) is 14.5. The Morgan fingerprint density at radius 3 is 2.46 bits per heavy atom. The highest BCUT2D eigenvalue weighted by Crippen LogP contribution is 2.31. The number of hydrogen-bond acceptors (Lipinski definition) is 4. The lowest BCUT2D eigenvalue weighted by atomic mass is 9.98. The van der Waals surface area contributed by atoms with E-state index in [9.17, 15) is 4.79 Å². The lowest BCUT2D eigenvalue weighted by molar-refractivity contribution is -0.131. The fourth-order valence-corrected chi connectivity index (χ4v) is 3.38. The molecule has 2 heterocycles. The highest BCUT2D eigenvalue weighted by Gasteiger charge is 2.27. The molecular formula is C21H21N3O2. The molecule has 26 heavy (non-hydrogen) atoms. The van der Waals surface area contributed by atoms with E-state index in [-0.39, 0.29) is 5.91 Å². The zero-order valence-electron chi connectivity index (χ0n) is 14.5. The Bertz CT molecular complexity index is 901. The van der Waals surface area contributed by atoms with E-state index in [2.05, 4.69) is 41.6 Å². The molecule has 0 aliphatic carbocycles. The lowest BCUT2D eigenvalue weighted by Gasteiger charge is -2.26. The number of fused-ring (bicyclic) bond motifs is 1. The standard InChI is InChI=1S/C21H21N3O2/c22-12-10-20(25)24-13-11-19-18(14-24)21(23-26-19)17-8-6-16(7-9-17)15-4-2-1-3-5-15/h1-9H,10-14,22H2. The molecule has 1 aliphatic rings. The molecule has 132 valence electrons. The number of amides is 1. The number of carbonyl (C=O) groups is 1. The molecule has 2 aromatic carbocycles. The minimum atomic E-state index is 0.0877. The zero-order chi connectivity index (χ0) is 17.9. The van der Waals surface area contributed by atoms with Gasteiger partial charge >= 0.3 is 0 Å². The van der Waals surface area contributed by atoms with Gasteiger partial charge in [0.05, 0.1) is 6.54 Å². The molecule has 0 bridgehead atoms. The molecule has 5 heteroatoms. The number of carbonyl (C=O) groups excluding carboxylic acids is 1. The summed E-state index contributed by atoms with van der Waals surface area (Å²) in [7, 11) is 0. The van der Waals surface area contributed by atoms with Crippen LogP contribution < -0.4 is 5.73 Å². The molecule has 2 N–H and O–H groups in total. The highest BCUT2D eigenvalue weighted by molar-refractivity contribution is 5.77. The Labute approximate surface area is 152 Å². The maximum Gasteiger partial charge on any atom is 0.224 e. The number of aromatic nitrogens is 1. The molecule has 3 aromatic rings. The van der Waals surface area contributed by atoms with Crippen molar-refractivity contribution in [1.82, 2.24) is 10.1 Å². The molecule has 5 nitrogen and oxygen atoms in total. The van der Waals surface area contributed by atoms with Crippen molar-refractivity contribution in [2.45, 2.75) is 19.4 Å². The van der Waals surface area contributed by atoms with Crippen LogP contribution in [0.25, 0.3) is 22.4 Å². The average Bonchev–Trinajstić information content (AvgIpc) is 3.12. The molecular weight excluding hydrogens is 326 g/mol. The average molecular weight is 347 g/mol. The van der Waals surface area contributed by atoms with Crippen LogP contribution in [0.5, 0.6) is 0 Å². The first-order chi connectivity index (χ1) is 12.8. The topological polar surface area (TPSA) is 72.4 Å². The maximum absolute atomic E-state index is 12.2. The largest absolute Gasteiger partial charge is 0.360 e. The molecule has 0 fully saturated rings. The highest BCUT2D eigenvalue weighted by atomic mass is 16.5.